The van der Waals surface area contributed by atoms with E-state index in [1.165, 1.54) is 17.7 Å². The molecule has 3 rings (SSSR count). The first kappa shape index (κ1) is 15.1. The summed E-state index contributed by atoms with van der Waals surface area (Å²) >= 11 is 0. The molecule has 22 heavy (non-hydrogen) atoms. The van der Waals surface area contributed by atoms with Gasteiger partial charge in [0.2, 0.25) is 5.91 Å². The van der Waals surface area contributed by atoms with E-state index in [1.807, 2.05) is 30.3 Å². The van der Waals surface area contributed by atoms with Gasteiger partial charge in [0.1, 0.15) is 6.61 Å². The minimum absolute atomic E-state index is 0.0528. The minimum atomic E-state index is -0.479. The Bertz CT molecular complexity index is 549. The van der Waals surface area contributed by atoms with Gasteiger partial charge in [-0.05, 0) is 30.2 Å². The molecule has 0 unspecified atom stereocenters. The summed E-state index contributed by atoms with van der Waals surface area (Å²) in [5.74, 6) is -0.0761. The van der Waals surface area contributed by atoms with E-state index in [-0.39, 0.29) is 17.4 Å². The van der Waals surface area contributed by atoms with Gasteiger partial charge in [0.15, 0.2) is 0 Å². The molecule has 118 valence electrons. The quantitative estimate of drug-likeness (QED) is 0.854. The third-order valence-corrected chi connectivity index (χ3v) is 4.93. The largest absolute Gasteiger partial charge is 0.447 e. The standard InChI is InChI=1S/C18H23NO3/c1-18(9-5-6-10-18)12-16(20)19-15(13-22-17(19)21)11-14-7-3-2-4-8-14/h2-4,7-8,15H,5-6,9-13H2,1H3/t15-/m0/s1. The van der Waals surface area contributed by atoms with Crippen LogP contribution in [0.25, 0.3) is 0 Å². The smallest absolute Gasteiger partial charge is 0.416 e. The fourth-order valence-corrected chi connectivity index (χ4v) is 3.66. The molecular weight excluding hydrogens is 278 g/mol. The van der Waals surface area contributed by atoms with Crippen LogP contribution in [-0.4, -0.2) is 29.5 Å². The number of ether oxygens (including phenoxy) is 1. The summed E-state index contributed by atoms with van der Waals surface area (Å²) in [7, 11) is 0. The van der Waals surface area contributed by atoms with Gasteiger partial charge < -0.3 is 4.74 Å². The predicted octanol–water partition coefficient (Wildman–Crippen LogP) is 3.55. The molecule has 0 N–H and O–H groups in total. The van der Waals surface area contributed by atoms with E-state index in [0.717, 1.165) is 18.4 Å². The Hall–Kier alpha value is -1.84. The number of carbonyl (C=O) groups is 2. The first-order valence-electron chi connectivity index (χ1n) is 8.10. The molecule has 1 aliphatic heterocycles. The number of carbonyl (C=O) groups excluding carboxylic acids is 2. The lowest BCUT2D eigenvalue weighted by Gasteiger charge is -2.26. The topological polar surface area (TPSA) is 46.6 Å². The van der Waals surface area contributed by atoms with Crippen molar-refractivity contribution in [2.75, 3.05) is 6.61 Å². The third-order valence-electron chi connectivity index (χ3n) is 4.93. The van der Waals surface area contributed by atoms with E-state index < -0.39 is 6.09 Å². The van der Waals surface area contributed by atoms with Gasteiger partial charge in [-0.25, -0.2) is 9.69 Å². The molecule has 0 bridgehead atoms. The molecule has 1 aromatic carbocycles. The first-order valence-corrected chi connectivity index (χ1v) is 8.10. The number of hydrogen-bond acceptors (Lipinski definition) is 3. The Morgan fingerprint density at radius 1 is 1.27 bits per heavy atom. The van der Waals surface area contributed by atoms with E-state index in [9.17, 15) is 9.59 Å². The number of amides is 2. The Morgan fingerprint density at radius 2 is 1.95 bits per heavy atom. The number of rotatable bonds is 4. The highest BCUT2D eigenvalue weighted by molar-refractivity contribution is 5.93. The lowest BCUT2D eigenvalue weighted by atomic mass is 9.84. The average molecular weight is 301 g/mol. The Balaban J connectivity index is 1.69. The van der Waals surface area contributed by atoms with Crippen molar-refractivity contribution in [3.63, 3.8) is 0 Å². The van der Waals surface area contributed by atoms with E-state index in [0.29, 0.717) is 19.4 Å². The lowest BCUT2D eigenvalue weighted by molar-refractivity contribution is -0.131. The van der Waals surface area contributed by atoms with Gasteiger partial charge in [-0.3, -0.25) is 4.79 Å². The zero-order chi connectivity index (χ0) is 15.6. The molecule has 4 nitrogen and oxygen atoms in total. The number of benzene rings is 1. The summed E-state index contributed by atoms with van der Waals surface area (Å²) in [5, 5.41) is 0. The zero-order valence-corrected chi connectivity index (χ0v) is 13.1. The second-order valence-corrected chi connectivity index (χ2v) is 6.88. The molecule has 1 atom stereocenters. The SMILES string of the molecule is CC1(CC(=O)N2C(=O)OC[C@@H]2Cc2ccccc2)CCCC1. The normalized spacial score (nSPS) is 23.6. The number of hydrogen-bond donors (Lipinski definition) is 0. The minimum Gasteiger partial charge on any atom is -0.447 e. The predicted molar refractivity (Wildman–Crippen MR) is 83.3 cm³/mol. The van der Waals surface area contributed by atoms with Gasteiger partial charge in [-0.15, -0.1) is 0 Å². The van der Waals surface area contributed by atoms with Crippen LogP contribution in [0.2, 0.25) is 0 Å². The van der Waals surface area contributed by atoms with E-state index in [2.05, 4.69) is 6.92 Å². The van der Waals surface area contributed by atoms with Gasteiger partial charge >= 0.3 is 6.09 Å². The molecule has 1 aromatic rings. The van der Waals surface area contributed by atoms with Crippen LogP contribution in [0.15, 0.2) is 30.3 Å². The van der Waals surface area contributed by atoms with Crippen molar-refractivity contribution in [3.05, 3.63) is 35.9 Å². The Labute approximate surface area is 131 Å². The molecule has 0 radical (unpaired) electrons. The Morgan fingerprint density at radius 3 is 2.64 bits per heavy atom. The van der Waals surface area contributed by atoms with Crippen LogP contribution in [0.5, 0.6) is 0 Å². The molecule has 2 amide bonds. The zero-order valence-electron chi connectivity index (χ0n) is 13.1. The fourth-order valence-electron chi connectivity index (χ4n) is 3.66. The van der Waals surface area contributed by atoms with Crippen molar-refractivity contribution >= 4 is 12.0 Å². The maximum absolute atomic E-state index is 12.6. The Kier molecular flexibility index (Phi) is 4.19. The van der Waals surface area contributed by atoms with E-state index in [4.69, 9.17) is 4.74 Å². The molecule has 4 heteroatoms. The molecule has 1 saturated carbocycles. The van der Waals surface area contributed by atoms with Gasteiger partial charge in [-0.1, -0.05) is 50.1 Å². The second kappa shape index (κ2) is 6.11. The van der Waals surface area contributed by atoms with Gasteiger partial charge in [0.25, 0.3) is 0 Å². The highest BCUT2D eigenvalue weighted by Crippen LogP contribution is 2.41. The van der Waals surface area contributed by atoms with Gasteiger partial charge in [-0.2, -0.15) is 0 Å². The molecule has 2 fully saturated rings. The fraction of sp³-hybridized carbons (Fsp3) is 0.556. The summed E-state index contributed by atoms with van der Waals surface area (Å²) in [4.78, 5) is 26.0. The highest BCUT2D eigenvalue weighted by Gasteiger charge is 2.41. The summed E-state index contributed by atoms with van der Waals surface area (Å²) in [6.07, 6.45) is 5.15. The summed E-state index contributed by atoms with van der Waals surface area (Å²) in [6, 6.07) is 9.77. The molecule has 0 aromatic heterocycles. The van der Waals surface area contributed by atoms with Crippen molar-refractivity contribution < 1.29 is 14.3 Å². The van der Waals surface area contributed by atoms with Gasteiger partial charge in [0.05, 0.1) is 6.04 Å². The van der Waals surface area contributed by atoms with Crippen LogP contribution < -0.4 is 0 Å². The molecule has 0 spiro atoms. The number of cyclic esters (lactones) is 1. The van der Waals surface area contributed by atoms with Crippen molar-refractivity contribution in [1.29, 1.82) is 0 Å². The summed E-state index contributed by atoms with van der Waals surface area (Å²) in [5.41, 5.74) is 1.17. The van der Waals surface area contributed by atoms with Crippen LogP contribution >= 0.6 is 0 Å². The third kappa shape index (κ3) is 3.16. The second-order valence-electron chi connectivity index (χ2n) is 6.88. The average Bonchev–Trinajstić information content (AvgIpc) is 3.07. The number of imide groups is 1. The van der Waals surface area contributed by atoms with Gasteiger partial charge in [0, 0.05) is 6.42 Å². The van der Waals surface area contributed by atoms with Crippen LogP contribution in [0.3, 0.4) is 0 Å². The van der Waals surface area contributed by atoms with Crippen molar-refractivity contribution in [3.8, 4) is 0 Å². The molecule has 2 aliphatic rings. The van der Waals surface area contributed by atoms with E-state index in [1.54, 1.807) is 0 Å². The number of nitrogens with zero attached hydrogens (tertiary/aromatic N) is 1. The van der Waals surface area contributed by atoms with Crippen molar-refractivity contribution in [2.45, 2.75) is 51.5 Å². The maximum Gasteiger partial charge on any atom is 0.416 e. The monoisotopic (exact) mass is 301 g/mol. The van der Waals surface area contributed by atoms with Crippen molar-refractivity contribution in [1.82, 2.24) is 4.90 Å². The van der Waals surface area contributed by atoms with E-state index >= 15 is 0 Å². The maximum atomic E-state index is 12.6. The molecular formula is C18H23NO3. The summed E-state index contributed by atoms with van der Waals surface area (Å²) < 4.78 is 5.14. The van der Waals surface area contributed by atoms with Crippen LogP contribution in [0, 0.1) is 5.41 Å². The first-order chi connectivity index (χ1) is 10.6. The van der Waals surface area contributed by atoms with Crippen molar-refractivity contribution in [2.24, 2.45) is 5.41 Å². The lowest BCUT2D eigenvalue weighted by Crippen LogP contribution is -2.42. The van der Waals surface area contributed by atoms with Crippen LogP contribution in [0.4, 0.5) is 4.79 Å². The van der Waals surface area contributed by atoms with Crippen LogP contribution in [-0.2, 0) is 16.0 Å². The molecule has 1 heterocycles. The molecule has 1 saturated heterocycles. The highest BCUT2D eigenvalue weighted by atomic mass is 16.6. The van der Waals surface area contributed by atoms with Crippen LogP contribution in [0.1, 0.15) is 44.6 Å². The summed E-state index contributed by atoms with van der Waals surface area (Å²) in [6.45, 7) is 2.46. The molecule has 1 aliphatic carbocycles.